The topological polar surface area (TPSA) is 49.8 Å². The van der Waals surface area contributed by atoms with Gasteiger partial charge in [0.2, 0.25) is 0 Å². The second kappa shape index (κ2) is 3.55. The molecule has 0 radical (unpaired) electrons. The van der Waals surface area contributed by atoms with E-state index in [-0.39, 0.29) is 0 Å². The third kappa shape index (κ3) is 1.58. The van der Waals surface area contributed by atoms with Crippen molar-refractivity contribution in [3.8, 4) is 6.07 Å². The van der Waals surface area contributed by atoms with Crippen molar-refractivity contribution in [2.45, 2.75) is 23.7 Å². The van der Waals surface area contributed by atoms with Crippen molar-refractivity contribution in [1.82, 2.24) is 0 Å². The van der Waals surface area contributed by atoms with Crippen molar-refractivity contribution in [3.63, 3.8) is 0 Å². The summed E-state index contributed by atoms with van der Waals surface area (Å²) in [6.45, 7) is 0. The summed E-state index contributed by atoms with van der Waals surface area (Å²) in [6, 6.07) is 6.00. The maximum atomic E-state index is 9.02. The molecular formula is C11H12N2S. The maximum Gasteiger partial charge on any atom is 0.0995 e. The summed E-state index contributed by atoms with van der Waals surface area (Å²) in [5, 5.41) is 9.02. The molecule has 1 aromatic carbocycles. The van der Waals surface area contributed by atoms with Gasteiger partial charge < -0.3 is 5.73 Å². The monoisotopic (exact) mass is 204 g/mol. The van der Waals surface area contributed by atoms with Crippen LogP contribution in [0, 0.1) is 11.3 Å². The van der Waals surface area contributed by atoms with E-state index in [1.54, 1.807) is 17.8 Å². The zero-order valence-corrected chi connectivity index (χ0v) is 8.90. The molecule has 0 amide bonds. The molecule has 0 unspecified atom stereocenters. The van der Waals surface area contributed by atoms with E-state index in [0.29, 0.717) is 11.6 Å². The SMILES string of the molecule is CSc1cc(N)cc(C#N)c1C1CC1. The van der Waals surface area contributed by atoms with Gasteiger partial charge in [0.25, 0.3) is 0 Å². The number of rotatable bonds is 2. The van der Waals surface area contributed by atoms with Crippen LogP contribution >= 0.6 is 11.8 Å². The largest absolute Gasteiger partial charge is 0.399 e. The first-order valence-electron chi connectivity index (χ1n) is 4.63. The molecule has 14 heavy (non-hydrogen) atoms. The lowest BCUT2D eigenvalue weighted by Crippen LogP contribution is -1.94. The smallest absolute Gasteiger partial charge is 0.0995 e. The zero-order valence-electron chi connectivity index (χ0n) is 8.08. The Bertz CT molecular complexity index is 402. The molecule has 0 aliphatic heterocycles. The summed E-state index contributed by atoms with van der Waals surface area (Å²) in [7, 11) is 0. The van der Waals surface area contributed by atoms with Crippen LogP contribution in [0.2, 0.25) is 0 Å². The highest BCUT2D eigenvalue weighted by atomic mass is 32.2. The van der Waals surface area contributed by atoms with E-state index < -0.39 is 0 Å². The van der Waals surface area contributed by atoms with Crippen molar-refractivity contribution in [1.29, 1.82) is 5.26 Å². The van der Waals surface area contributed by atoms with Gasteiger partial charge in [0.05, 0.1) is 11.6 Å². The Morgan fingerprint density at radius 1 is 1.50 bits per heavy atom. The van der Waals surface area contributed by atoms with Crippen LogP contribution < -0.4 is 5.73 Å². The molecular weight excluding hydrogens is 192 g/mol. The molecule has 0 saturated heterocycles. The van der Waals surface area contributed by atoms with E-state index in [2.05, 4.69) is 6.07 Å². The third-order valence-electron chi connectivity index (χ3n) is 2.49. The Labute approximate surface area is 88.1 Å². The molecule has 0 bridgehead atoms. The average Bonchev–Trinajstić information content (AvgIpc) is 2.99. The van der Waals surface area contributed by atoms with Crippen molar-refractivity contribution >= 4 is 17.4 Å². The number of benzene rings is 1. The fourth-order valence-electron chi connectivity index (χ4n) is 1.70. The van der Waals surface area contributed by atoms with Gasteiger partial charge in [-0.05, 0) is 42.7 Å². The van der Waals surface area contributed by atoms with Crippen molar-refractivity contribution in [2.24, 2.45) is 0 Å². The quantitative estimate of drug-likeness (QED) is 0.595. The van der Waals surface area contributed by atoms with Gasteiger partial charge in [0, 0.05) is 10.6 Å². The van der Waals surface area contributed by atoms with Gasteiger partial charge in [-0.3, -0.25) is 0 Å². The van der Waals surface area contributed by atoms with Gasteiger partial charge in [0.15, 0.2) is 0 Å². The van der Waals surface area contributed by atoms with Crippen molar-refractivity contribution < 1.29 is 0 Å². The van der Waals surface area contributed by atoms with Crippen LogP contribution in [0.15, 0.2) is 17.0 Å². The number of nitriles is 1. The van der Waals surface area contributed by atoms with Crippen LogP contribution in [0.1, 0.15) is 29.9 Å². The molecule has 1 aliphatic carbocycles. The highest BCUT2D eigenvalue weighted by Gasteiger charge is 2.28. The van der Waals surface area contributed by atoms with Crippen molar-refractivity contribution in [3.05, 3.63) is 23.3 Å². The van der Waals surface area contributed by atoms with E-state index in [1.807, 2.05) is 12.3 Å². The van der Waals surface area contributed by atoms with Gasteiger partial charge in [-0.2, -0.15) is 5.26 Å². The van der Waals surface area contributed by atoms with Crippen LogP contribution in [0.25, 0.3) is 0 Å². The van der Waals surface area contributed by atoms with Gasteiger partial charge in [-0.25, -0.2) is 0 Å². The number of nitrogens with two attached hydrogens (primary N) is 1. The van der Waals surface area contributed by atoms with Crippen LogP contribution in [0.4, 0.5) is 5.69 Å². The van der Waals surface area contributed by atoms with Crippen LogP contribution in [-0.4, -0.2) is 6.26 Å². The molecule has 1 aromatic rings. The van der Waals surface area contributed by atoms with E-state index in [1.165, 1.54) is 23.3 Å². The van der Waals surface area contributed by atoms with Crippen LogP contribution in [0.5, 0.6) is 0 Å². The molecule has 0 atom stereocenters. The Hall–Kier alpha value is -1.14. The second-order valence-corrected chi connectivity index (χ2v) is 4.42. The molecule has 2 nitrogen and oxygen atoms in total. The first kappa shape index (κ1) is 9.42. The summed E-state index contributed by atoms with van der Waals surface area (Å²) in [4.78, 5) is 1.17. The Morgan fingerprint density at radius 2 is 2.21 bits per heavy atom. The minimum atomic E-state index is 0.604. The lowest BCUT2D eigenvalue weighted by atomic mass is 10.0. The zero-order chi connectivity index (χ0) is 10.1. The van der Waals surface area contributed by atoms with Gasteiger partial charge >= 0.3 is 0 Å². The first-order chi connectivity index (χ1) is 6.76. The summed E-state index contributed by atoms with van der Waals surface area (Å²) < 4.78 is 0. The number of nitrogens with zero attached hydrogens (tertiary/aromatic N) is 1. The summed E-state index contributed by atoms with van der Waals surface area (Å²) in [6.07, 6.45) is 4.46. The molecule has 2 rings (SSSR count). The Balaban J connectivity index is 2.57. The molecule has 1 fully saturated rings. The average molecular weight is 204 g/mol. The second-order valence-electron chi connectivity index (χ2n) is 3.57. The predicted molar refractivity (Wildman–Crippen MR) is 59.3 cm³/mol. The molecule has 1 saturated carbocycles. The van der Waals surface area contributed by atoms with Crippen LogP contribution in [0.3, 0.4) is 0 Å². The molecule has 3 heteroatoms. The van der Waals surface area contributed by atoms with E-state index >= 15 is 0 Å². The molecule has 0 aromatic heterocycles. The summed E-state index contributed by atoms with van der Waals surface area (Å²) >= 11 is 1.68. The Kier molecular flexibility index (Phi) is 2.39. The van der Waals surface area contributed by atoms with E-state index in [4.69, 9.17) is 11.0 Å². The van der Waals surface area contributed by atoms with Crippen molar-refractivity contribution in [2.75, 3.05) is 12.0 Å². The number of thioether (sulfide) groups is 1. The fraction of sp³-hybridized carbons (Fsp3) is 0.364. The normalized spacial score (nSPS) is 15.1. The summed E-state index contributed by atoms with van der Waals surface area (Å²) in [5.74, 6) is 0.604. The Morgan fingerprint density at radius 3 is 2.71 bits per heavy atom. The third-order valence-corrected chi connectivity index (χ3v) is 3.27. The number of hydrogen-bond acceptors (Lipinski definition) is 3. The molecule has 2 N–H and O–H groups in total. The van der Waals surface area contributed by atoms with E-state index in [9.17, 15) is 0 Å². The number of nitrogen functional groups attached to an aromatic ring is 1. The molecule has 0 heterocycles. The molecule has 0 spiro atoms. The molecule has 1 aliphatic rings. The van der Waals surface area contributed by atoms with Gasteiger partial charge in [-0.1, -0.05) is 0 Å². The lowest BCUT2D eigenvalue weighted by molar-refractivity contribution is 1.06. The maximum absolute atomic E-state index is 9.02. The highest BCUT2D eigenvalue weighted by molar-refractivity contribution is 7.98. The highest BCUT2D eigenvalue weighted by Crippen LogP contribution is 2.46. The van der Waals surface area contributed by atoms with E-state index in [0.717, 1.165) is 5.56 Å². The minimum absolute atomic E-state index is 0.604. The summed E-state index contributed by atoms with van der Waals surface area (Å²) in [5.41, 5.74) is 8.40. The number of hydrogen-bond donors (Lipinski definition) is 1. The standard InChI is InChI=1S/C11H12N2S/c1-14-10-5-9(13)4-8(6-12)11(10)7-2-3-7/h4-5,7H,2-3,13H2,1H3. The van der Waals surface area contributed by atoms with Crippen LogP contribution in [-0.2, 0) is 0 Å². The van der Waals surface area contributed by atoms with Gasteiger partial charge in [0.1, 0.15) is 0 Å². The minimum Gasteiger partial charge on any atom is -0.399 e. The number of anilines is 1. The lowest BCUT2D eigenvalue weighted by Gasteiger charge is -2.09. The fourth-order valence-corrected chi connectivity index (χ4v) is 2.45. The first-order valence-corrected chi connectivity index (χ1v) is 5.86. The van der Waals surface area contributed by atoms with Gasteiger partial charge in [-0.15, -0.1) is 11.8 Å². The predicted octanol–water partition coefficient (Wildman–Crippen LogP) is 2.74. The molecule has 72 valence electrons.